The van der Waals surface area contributed by atoms with Gasteiger partial charge in [-0.05, 0) is 12.1 Å². The number of aliphatic hydroxyl groups excluding tert-OH is 1. The van der Waals surface area contributed by atoms with E-state index in [0.717, 1.165) is 0 Å². The van der Waals surface area contributed by atoms with E-state index in [0.29, 0.717) is 18.0 Å². The lowest BCUT2D eigenvalue weighted by Crippen LogP contribution is -2.43. The van der Waals surface area contributed by atoms with E-state index in [-0.39, 0.29) is 18.5 Å². The van der Waals surface area contributed by atoms with Crippen LogP contribution in [0.15, 0.2) is 18.2 Å². The summed E-state index contributed by atoms with van der Waals surface area (Å²) in [6, 6.07) is 4.56. The molecule has 0 fully saturated rings. The Hall–Kier alpha value is -1.29. The molecule has 0 aromatic heterocycles. The normalized spacial score (nSPS) is 20.2. The molecule has 0 saturated heterocycles. The summed E-state index contributed by atoms with van der Waals surface area (Å²) in [5, 5.41) is 9.03. The zero-order valence-electron chi connectivity index (χ0n) is 7.90. The van der Waals surface area contributed by atoms with Gasteiger partial charge in [0.25, 0.3) is 0 Å². The van der Waals surface area contributed by atoms with Crippen LogP contribution in [0.5, 0.6) is 5.75 Å². The minimum Gasteiger partial charge on any atom is -0.489 e. The molecule has 76 valence electrons. The van der Waals surface area contributed by atoms with Crippen molar-refractivity contribution in [1.29, 1.82) is 0 Å². The molecule has 1 aromatic carbocycles. The summed E-state index contributed by atoms with van der Waals surface area (Å²) in [5.41, 5.74) is 0.429. The van der Waals surface area contributed by atoms with E-state index in [2.05, 4.69) is 0 Å². The summed E-state index contributed by atoms with van der Waals surface area (Å²) < 4.78 is 18.8. The first kappa shape index (κ1) is 9.27. The summed E-state index contributed by atoms with van der Waals surface area (Å²) in [7, 11) is 1.76. The molecule has 1 N–H and O–H groups in total. The summed E-state index contributed by atoms with van der Waals surface area (Å²) in [6.45, 7) is 0.355. The largest absolute Gasteiger partial charge is 0.489 e. The average molecular weight is 197 g/mol. The van der Waals surface area contributed by atoms with Gasteiger partial charge < -0.3 is 14.7 Å². The molecule has 0 bridgehead atoms. The van der Waals surface area contributed by atoms with Crippen LogP contribution in [0.25, 0.3) is 0 Å². The second-order valence-electron chi connectivity index (χ2n) is 3.34. The number of likely N-dealkylation sites (N-methyl/N-ethyl adjacent to an activating group) is 1. The van der Waals surface area contributed by atoms with Crippen molar-refractivity contribution in [3.05, 3.63) is 24.0 Å². The van der Waals surface area contributed by atoms with Gasteiger partial charge in [0.2, 0.25) is 0 Å². The second kappa shape index (κ2) is 3.46. The molecule has 0 spiro atoms. The van der Waals surface area contributed by atoms with Crippen LogP contribution in [0.1, 0.15) is 0 Å². The molecule has 1 unspecified atom stereocenters. The molecule has 0 radical (unpaired) electrons. The van der Waals surface area contributed by atoms with Crippen molar-refractivity contribution < 1.29 is 14.2 Å². The molecule has 4 heteroatoms. The number of anilines is 1. The van der Waals surface area contributed by atoms with E-state index in [1.807, 2.05) is 0 Å². The van der Waals surface area contributed by atoms with Crippen LogP contribution < -0.4 is 9.64 Å². The first-order valence-corrected chi connectivity index (χ1v) is 4.49. The molecule has 1 heterocycles. The highest BCUT2D eigenvalue weighted by atomic mass is 19.1. The molecular weight excluding hydrogens is 185 g/mol. The van der Waals surface area contributed by atoms with Crippen molar-refractivity contribution in [2.45, 2.75) is 6.04 Å². The predicted octanol–water partition coefficient (Wildman–Crippen LogP) is 1.02. The van der Waals surface area contributed by atoms with Crippen LogP contribution in [-0.4, -0.2) is 31.4 Å². The fourth-order valence-electron chi connectivity index (χ4n) is 1.61. The van der Waals surface area contributed by atoms with Crippen molar-refractivity contribution >= 4 is 5.69 Å². The number of benzene rings is 1. The van der Waals surface area contributed by atoms with E-state index in [4.69, 9.17) is 9.84 Å². The molecule has 14 heavy (non-hydrogen) atoms. The molecule has 0 saturated carbocycles. The molecule has 1 aliphatic rings. The van der Waals surface area contributed by atoms with E-state index in [1.165, 1.54) is 6.07 Å². The quantitative estimate of drug-likeness (QED) is 0.729. The Morgan fingerprint density at radius 2 is 2.43 bits per heavy atom. The zero-order valence-corrected chi connectivity index (χ0v) is 7.90. The van der Waals surface area contributed by atoms with Gasteiger partial charge >= 0.3 is 0 Å². The Balaban J connectivity index is 2.43. The van der Waals surface area contributed by atoms with Gasteiger partial charge in [0.15, 0.2) is 0 Å². The average Bonchev–Trinajstić information content (AvgIpc) is 2.18. The highest BCUT2D eigenvalue weighted by Crippen LogP contribution is 2.34. The SMILES string of the molecule is CN1c2c(F)cccc2OCC1CO. The number of ether oxygens (including phenoxy) is 1. The monoisotopic (exact) mass is 197 g/mol. The lowest BCUT2D eigenvalue weighted by Gasteiger charge is -2.34. The predicted molar refractivity (Wildman–Crippen MR) is 51.2 cm³/mol. The number of hydrogen-bond donors (Lipinski definition) is 1. The number of halogens is 1. The lowest BCUT2D eigenvalue weighted by atomic mass is 10.1. The summed E-state index contributed by atoms with van der Waals surface area (Å²) >= 11 is 0. The first-order valence-electron chi connectivity index (χ1n) is 4.49. The van der Waals surface area contributed by atoms with Crippen molar-refractivity contribution in [2.24, 2.45) is 0 Å². The molecule has 1 atom stereocenters. The van der Waals surface area contributed by atoms with Crippen LogP contribution in [0, 0.1) is 5.82 Å². The molecule has 0 aliphatic carbocycles. The maximum atomic E-state index is 13.4. The topological polar surface area (TPSA) is 32.7 Å². The Bertz CT molecular complexity index is 343. The number of para-hydroxylation sites is 1. The standard InChI is InChI=1S/C10H12FNO2/c1-12-7(5-13)6-14-9-4-2-3-8(11)10(9)12/h2-4,7,13H,5-6H2,1H3. The Morgan fingerprint density at radius 3 is 3.14 bits per heavy atom. The Kier molecular flexibility index (Phi) is 2.29. The van der Waals surface area contributed by atoms with Gasteiger partial charge in [0.05, 0.1) is 12.6 Å². The third kappa shape index (κ3) is 1.32. The van der Waals surface area contributed by atoms with E-state index >= 15 is 0 Å². The summed E-state index contributed by atoms with van der Waals surface area (Å²) in [6.07, 6.45) is 0. The fourth-order valence-corrected chi connectivity index (χ4v) is 1.61. The highest BCUT2D eigenvalue weighted by molar-refractivity contribution is 5.61. The van der Waals surface area contributed by atoms with Gasteiger partial charge in [-0.1, -0.05) is 6.07 Å². The van der Waals surface area contributed by atoms with Gasteiger partial charge in [-0.15, -0.1) is 0 Å². The maximum absolute atomic E-state index is 13.4. The number of rotatable bonds is 1. The first-order chi connectivity index (χ1) is 6.74. The molecule has 1 aromatic rings. The fraction of sp³-hybridized carbons (Fsp3) is 0.400. The Labute approximate surface area is 81.7 Å². The van der Waals surface area contributed by atoms with Gasteiger partial charge in [0.1, 0.15) is 23.9 Å². The van der Waals surface area contributed by atoms with E-state index < -0.39 is 0 Å². The van der Waals surface area contributed by atoms with Gasteiger partial charge in [-0.3, -0.25) is 0 Å². The molecule has 2 rings (SSSR count). The molecule has 1 aliphatic heterocycles. The van der Waals surface area contributed by atoms with E-state index in [1.54, 1.807) is 24.1 Å². The third-order valence-corrected chi connectivity index (χ3v) is 2.49. The van der Waals surface area contributed by atoms with Gasteiger partial charge in [-0.2, -0.15) is 0 Å². The minimum absolute atomic E-state index is 0.0374. The third-order valence-electron chi connectivity index (χ3n) is 2.49. The number of aliphatic hydroxyl groups is 1. The number of hydrogen-bond acceptors (Lipinski definition) is 3. The molecule has 3 nitrogen and oxygen atoms in total. The van der Waals surface area contributed by atoms with E-state index in [9.17, 15) is 4.39 Å². The van der Waals surface area contributed by atoms with Crippen LogP contribution in [0.3, 0.4) is 0 Å². The van der Waals surface area contributed by atoms with Crippen LogP contribution in [-0.2, 0) is 0 Å². The van der Waals surface area contributed by atoms with Gasteiger partial charge in [-0.25, -0.2) is 4.39 Å². The minimum atomic E-state index is -0.317. The smallest absolute Gasteiger partial charge is 0.150 e. The zero-order chi connectivity index (χ0) is 10.1. The highest BCUT2D eigenvalue weighted by Gasteiger charge is 2.26. The van der Waals surface area contributed by atoms with Crippen molar-refractivity contribution in [3.63, 3.8) is 0 Å². The Morgan fingerprint density at radius 1 is 1.64 bits per heavy atom. The number of nitrogens with zero attached hydrogens (tertiary/aromatic N) is 1. The lowest BCUT2D eigenvalue weighted by molar-refractivity contribution is 0.190. The van der Waals surface area contributed by atoms with Crippen molar-refractivity contribution in [3.8, 4) is 5.75 Å². The van der Waals surface area contributed by atoms with Gasteiger partial charge in [0, 0.05) is 7.05 Å². The summed E-state index contributed by atoms with van der Waals surface area (Å²) in [4.78, 5) is 1.72. The maximum Gasteiger partial charge on any atom is 0.150 e. The van der Waals surface area contributed by atoms with Crippen molar-refractivity contribution in [1.82, 2.24) is 0 Å². The number of fused-ring (bicyclic) bond motifs is 1. The molecular formula is C10H12FNO2. The summed E-state index contributed by atoms with van der Waals surface area (Å²) in [5.74, 6) is 0.223. The van der Waals surface area contributed by atoms with Crippen LogP contribution >= 0.6 is 0 Å². The van der Waals surface area contributed by atoms with Crippen molar-refractivity contribution in [2.75, 3.05) is 25.2 Å². The van der Waals surface area contributed by atoms with Crippen LogP contribution in [0.2, 0.25) is 0 Å². The second-order valence-corrected chi connectivity index (χ2v) is 3.34. The van der Waals surface area contributed by atoms with Crippen LogP contribution in [0.4, 0.5) is 10.1 Å². The molecule has 0 amide bonds.